The van der Waals surface area contributed by atoms with Crippen LogP contribution in [-0.2, 0) is 23.2 Å². The van der Waals surface area contributed by atoms with Gasteiger partial charge in [0.2, 0.25) is 5.67 Å². The number of halogens is 5. The maximum Gasteiger partial charge on any atom is 0.416 e. The summed E-state index contributed by atoms with van der Waals surface area (Å²) in [7, 11) is 0. The van der Waals surface area contributed by atoms with Crippen LogP contribution in [-0.4, -0.2) is 16.0 Å². The Morgan fingerprint density at radius 1 is 1.33 bits per heavy atom. The molecule has 1 aromatic heterocycles. The van der Waals surface area contributed by atoms with Gasteiger partial charge >= 0.3 is 6.18 Å². The third-order valence-electron chi connectivity index (χ3n) is 4.55. The van der Waals surface area contributed by atoms with Crippen molar-refractivity contribution in [2.24, 2.45) is 0 Å². The molecular formula is C18H15ClF4N2O2. The third-order valence-corrected chi connectivity index (χ3v) is 4.91. The number of carbonyl (C=O) groups excluding carboxylic acids is 1. The van der Waals surface area contributed by atoms with Gasteiger partial charge in [0.15, 0.2) is 0 Å². The van der Waals surface area contributed by atoms with Crippen LogP contribution < -0.4 is 5.32 Å². The monoisotopic (exact) mass is 402 g/mol. The van der Waals surface area contributed by atoms with Crippen molar-refractivity contribution >= 4 is 17.5 Å². The fraction of sp³-hybridized carbons (Fsp3) is 0.333. The number of alkyl halides is 4. The molecule has 0 aliphatic heterocycles. The predicted molar refractivity (Wildman–Crippen MR) is 89.5 cm³/mol. The summed E-state index contributed by atoms with van der Waals surface area (Å²) >= 11 is 5.85. The maximum absolute atomic E-state index is 15.5. The summed E-state index contributed by atoms with van der Waals surface area (Å²) in [4.78, 5) is 16.4. The Morgan fingerprint density at radius 3 is 2.78 bits per heavy atom. The molecule has 1 aliphatic carbocycles. The van der Waals surface area contributed by atoms with Crippen LogP contribution >= 0.6 is 11.6 Å². The zero-order valence-electron chi connectivity index (χ0n) is 13.9. The van der Waals surface area contributed by atoms with Crippen LogP contribution in [0.2, 0.25) is 5.02 Å². The molecule has 1 heterocycles. The number of hydrogen-bond acceptors (Lipinski definition) is 3. The maximum atomic E-state index is 15.5. The molecule has 1 aromatic carbocycles. The van der Waals surface area contributed by atoms with E-state index >= 15 is 4.39 Å². The Kier molecular flexibility index (Phi) is 5.14. The van der Waals surface area contributed by atoms with Crippen LogP contribution in [0.5, 0.6) is 0 Å². The summed E-state index contributed by atoms with van der Waals surface area (Å²) in [5, 5.41) is 12.0. The number of pyridine rings is 1. The zero-order valence-corrected chi connectivity index (χ0v) is 14.6. The van der Waals surface area contributed by atoms with E-state index in [1.165, 1.54) is 24.4 Å². The highest BCUT2D eigenvalue weighted by atomic mass is 35.5. The van der Waals surface area contributed by atoms with Gasteiger partial charge in [-0.15, -0.1) is 0 Å². The van der Waals surface area contributed by atoms with Crippen molar-refractivity contribution in [1.82, 2.24) is 10.3 Å². The Labute approximate surface area is 157 Å². The fourth-order valence-electron chi connectivity index (χ4n) is 3.17. The first-order chi connectivity index (χ1) is 12.6. The lowest BCUT2D eigenvalue weighted by Gasteiger charge is -2.32. The van der Waals surface area contributed by atoms with Crippen molar-refractivity contribution < 1.29 is 27.5 Å². The molecule has 1 aliphatic rings. The second kappa shape index (κ2) is 7.09. The van der Waals surface area contributed by atoms with Crippen molar-refractivity contribution in [3.63, 3.8) is 0 Å². The van der Waals surface area contributed by atoms with Gasteiger partial charge < -0.3 is 10.4 Å². The fourth-order valence-corrected chi connectivity index (χ4v) is 3.42. The number of aliphatic hydroxyl groups is 1. The van der Waals surface area contributed by atoms with Crippen LogP contribution in [0.4, 0.5) is 17.6 Å². The summed E-state index contributed by atoms with van der Waals surface area (Å²) < 4.78 is 54.9. The van der Waals surface area contributed by atoms with Crippen LogP contribution in [0, 0.1) is 0 Å². The van der Waals surface area contributed by atoms with E-state index in [9.17, 15) is 23.1 Å². The summed E-state index contributed by atoms with van der Waals surface area (Å²) in [6.07, 6.45) is -4.64. The van der Waals surface area contributed by atoms with Crippen LogP contribution in [0.1, 0.15) is 41.3 Å². The molecular weight excluding hydrogens is 388 g/mol. The first kappa shape index (κ1) is 19.6. The molecule has 0 bridgehead atoms. The average molecular weight is 403 g/mol. The molecule has 27 heavy (non-hydrogen) atoms. The average Bonchev–Trinajstić information content (AvgIpc) is 2.63. The number of fused-ring (bicyclic) bond motifs is 1. The Bertz CT molecular complexity index is 875. The number of nitrogens with zero attached hydrogens (tertiary/aromatic N) is 1. The van der Waals surface area contributed by atoms with Crippen molar-refractivity contribution in [3.8, 4) is 0 Å². The highest BCUT2D eigenvalue weighted by Crippen LogP contribution is 2.42. The molecule has 2 atom stereocenters. The van der Waals surface area contributed by atoms with Crippen LogP contribution in [0.25, 0.3) is 0 Å². The van der Waals surface area contributed by atoms with Gasteiger partial charge in [-0.3, -0.25) is 9.78 Å². The lowest BCUT2D eigenvalue weighted by molar-refractivity contribution is -0.139. The summed E-state index contributed by atoms with van der Waals surface area (Å²) in [5.74, 6) is -1.10. The number of amides is 1. The number of aromatic nitrogens is 1. The summed E-state index contributed by atoms with van der Waals surface area (Å²) in [6.45, 7) is -0.586. The standard InChI is InChI=1S/C18H15ClF4N2O2/c19-13-5-1-3-11(18(21,22)23)10(13)9-25-16(27)17(20)7-6-14(26)15-12(17)4-2-8-24-15/h1-5,8,14,26H,6-7,9H2,(H,25,27)/t14-,17-/m0/s1. The van der Waals surface area contributed by atoms with Crippen LogP contribution in [0.3, 0.4) is 0 Å². The minimum atomic E-state index is -4.66. The topological polar surface area (TPSA) is 62.2 Å². The Morgan fingerprint density at radius 2 is 2.07 bits per heavy atom. The second-order valence-electron chi connectivity index (χ2n) is 6.24. The molecule has 0 unspecified atom stereocenters. The number of hydrogen-bond donors (Lipinski definition) is 2. The van der Waals surface area contributed by atoms with E-state index in [1.807, 2.05) is 0 Å². The molecule has 3 rings (SSSR count). The summed E-state index contributed by atoms with van der Waals surface area (Å²) in [6, 6.07) is 6.02. The highest BCUT2D eigenvalue weighted by Gasteiger charge is 2.47. The van der Waals surface area contributed by atoms with E-state index in [-0.39, 0.29) is 34.7 Å². The number of aliphatic hydroxyl groups excluding tert-OH is 1. The molecule has 0 spiro atoms. The molecule has 0 radical (unpaired) electrons. The number of benzene rings is 1. The van der Waals surface area contributed by atoms with E-state index in [2.05, 4.69) is 10.3 Å². The van der Waals surface area contributed by atoms with Crippen LogP contribution in [0.15, 0.2) is 36.5 Å². The minimum absolute atomic E-state index is 0.0339. The van der Waals surface area contributed by atoms with E-state index < -0.39 is 36.0 Å². The van der Waals surface area contributed by atoms with E-state index in [4.69, 9.17) is 11.6 Å². The van der Waals surface area contributed by atoms with Crippen molar-refractivity contribution in [1.29, 1.82) is 0 Å². The normalized spacial score (nSPS) is 22.2. The third kappa shape index (κ3) is 3.64. The second-order valence-corrected chi connectivity index (χ2v) is 6.65. The number of rotatable bonds is 3. The largest absolute Gasteiger partial charge is 0.416 e. The molecule has 9 heteroatoms. The molecule has 2 N–H and O–H groups in total. The minimum Gasteiger partial charge on any atom is -0.387 e. The van der Waals surface area contributed by atoms with E-state index in [0.717, 1.165) is 12.1 Å². The van der Waals surface area contributed by atoms with Gasteiger partial charge in [0.1, 0.15) is 0 Å². The number of carbonyl (C=O) groups is 1. The Balaban J connectivity index is 1.87. The van der Waals surface area contributed by atoms with Gasteiger partial charge in [-0.05, 0) is 31.0 Å². The molecule has 2 aromatic rings. The van der Waals surface area contributed by atoms with Gasteiger partial charge in [-0.1, -0.05) is 23.7 Å². The molecule has 0 fully saturated rings. The van der Waals surface area contributed by atoms with Gasteiger partial charge in [-0.2, -0.15) is 13.2 Å². The SMILES string of the molecule is O=C(NCc1c(Cl)cccc1C(F)(F)F)[C@]1(F)CC[C@H](O)c2ncccc21. The van der Waals surface area contributed by atoms with Gasteiger partial charge in [0.25, 0.3) is 5.91 Å². The lowest BCUT2D eigenvalue weighted by atomic mass is 9.81. The highest BCUT2D eigenvalue weighted by molar-refractivity contribution is 6.31. The van der Waals surface area contributed by atoms with Gasteiger partial charge in [-0.25, -0.2) is 4.39 Å². The molecule has 0 saturated carbocycles. The Hall–Kier alpha value is -2.19. The molecule has 0 saturated heterocycles. The van der Waals surface area contributed by atoms with Gasteiger partial charge in [0.05, 0.1) is 17.4 Å². The van der Waals surface area contributed by atoms with E-state index in [0.29, 0.717) is 0 Å². The lowest BCUT2D eigenvalue weighted by Crippen LogP contribution is -2.44. The van der Waals surface area contributed by atoms with Gasteiger partial charge in [0, 0.05) is 28.9 Å². The number of nitrogens with one attached hydrogen (secondary N) is 1. The van der Waals surface area contributed by atoms with Crippen molar-refractivity contribution in [2.75, 3.05) is 0 Å². The molecule has 144 valence electrons. The first-order valence-corrected chi connectivity index (χ1v) is 8.47. The van der Waals surface area contributed by atoms with Crippen molar-refractivity contribution in [3.05, 3.63) is 63.9 Å². The smallest absolute Gasteiger partial charge is 0.387 e. The summed E-state index contributed by atoms with van der Waals surface area (Å²) in [5.41, 5.74) is -3.87. The first-order valence-electron chi connectivity index (χ1n) is 8.10. The molecule has 4 nitrogen and oxygen atoms in total. The molecule has 1 amide bonds. The van der Waals surface area contributed by atoms with E-state index in [1.54, 1.807) is 0 Å². The van der Waals surface area contributed by atoms with Crippen molar-refractivity contribution in [2.45, 2.75) is 37.3 Å². The predicted octanol–water partition coefficient (Wildman–Crippen LogP) is 4.06. The quantitative estimate of drug-likeness (QED) is 0.761. The zero-order chi connectivity index (χ0) is 19.8.